The minimum atomic E-state index is -0.330. The molecular weight excluding hydrogens is 211 g/mol. The van der Waals surface area contributed by atoms with Gasteiger partial charge in [0.1, 0.15) is 12.4 Å². The SMILES string of the molecule is C/C=C/C(=O)OCc1ccc(OP)cc1. The van der Waals surface area contributed by atoms with Crippen LogP contribution in [0.5, 0.6) is 5.75 Å². The van der Waals surface area contributed by atoms with Gasteiger partial charge >= 0.3 is 5.97 Å². The Balaban J connectivity index is 2.47. The van der Waals surface area contributed by atoms with Gasteiger partial charge in [-0.1, -0.05) is 18.2 Å². The second-order valence-corrected chi connectivity index (χ2v) is 3.11. The highest BCUT2D eigenvalue weighted by molar-refractivity contribution is 7.10. The first-order valence-corrected chi connectivity index (χ1v) is 4.98. The van der Waals surface area contributed by atoms with Gasteiger partial charge in [0, 0.05) is 6.08 Å². The fourth-order valence-corrected chi connectivity index (χ4v) is 1.16. The van der Waals surface area contributed by atoms with Gasteiger partial charge in [0.2, 0.25) is 0 Å². The van der Waals surface area contributed by atoms with Gasteiger partial charge in [0.05, 0.1) is 9.47 Å². The normalized spacial score (nSPS) is 10.3. The highest BCUT2D eigenvalue weighted by Gasteiger charge is 1.98. The average molecular weight is 224 g/mol. The molecule has 0 radical (unpaired) electrons. The van der Waals surface area contributed by atoms with Crippen LogP contribution in [0.4, 0.5) is 0 Å². The van der Waals surface area contributed by atoms with Crippen LogP contribution in [0.2, 0.25) is 0 Å². The molecule has 1 rings (SSSR count). The molecule has 1 aromatic carbocycles. The van der Waals surface area contributed by atoms with Crippen LogP contribution in [0.25, 0.3) is 0 Å². The smallest absolute Gasteiger partial charge is 0.330 e. The number of hydrogen-bond donors (Lipinski definition) is 0. The highest BCUT2D eigenvalue weighted by atomic mass is 31.0. The van der Waals surface area contributed by atoms with Gasteiger partial charge in [-0.25, -0.2) is 4.79 Å². The Morgan fingerprint density at radius 3 is 2.60 bits per heavy atom. The van der Waals surface area contributed by atoms with E-state index in [0.29, 0.717) is 0 Å². The summed E-state index contributed by atoms with van der Waals surface area (Å²) < 4.78 is 9.90. The molecule has 0 bridgehead atoms. The zero-order chi connectivity index (χ0) is 11.1. The molecule has 0 aliphatic carbocycles. The van der Waals surface area contributed by atoms with Gasteiger partial charge in [0.25, 0.3) is 0 Å². The van der Waals surface area contributed by atoms with E-state index in [9.17, 15) is 4.79 Å². The van der Waals surface area contributed by atoms with E-state index >= 15 is 0 Å². The minimum absolute atomic E-state index is 0.278. The van der Waals surface area contributed by atoms with E-state index in [1.165, 1.54) is 6.08 Å². The molecule has 1 atom stereocenters. The van der Waals surface area contributed by atoms with Crippen LogP contribution < -0.4 is 4.52 Å². The zero-order valence-electron chi connectivity index (χ0n) is 8.47. The molecule has 4 heteroatoms. The number of esters is 1. The number of carbonyl (C=O) groups is 1. The second kappa shape index (κ2) is 6.20. The van der Waals surface area contributed by atoms with Crippen molar-refractivity contribution >= 4 is 15.4 Å². The van der Waals surface area contributed by atoms with E-state index in [4.69, 9.17) is 9.26 Å². The molecule has 15 heavy (non-hydrogen) atoms. The van der Waals surface area contributed by atoms with Crippen molar-refractivity contribution in [3.63, 3.8) is 0 Å². The summed E-state index contributed by atoms with van der Waals surface area (Å²) in [5, 5.41) is 0. The molecule has 0 fully saturated rings. The van der Waals surface area contributed by atoms with Crippen LogP contribution in [-0.2, 0) is 16.1 Å². The van der Waals surface area contributed by atoms with Crippen molar-refractivity contribution in [3.05, 3.63) is 42.0 Å². The molecule has 0 heterocycles. The van der Waals surface area contributed by atoms with E-state index in [1.807, 2.05) is 24.3 Å². The first kappa shape index (κ1) is 11.7. The maximum absolute atomic E-state index is 11.0. The maximum atomic E-state index is 11.0. The van der Waals surface area contributed by atoms with Crippen LogP contribution in [0.3, 0.4) is 0 Å². The molecule has 1 aromatic rings. The van der Waals surface area contributed by atoms with E-state index < -0.39 is 0 Å². The molecule has 0 aromatic heterocycles. The maximum Gasteiger partial charge on any atom is 0.330 e. The first-order valence-electron chi connectivity index (χ1n) is 4.51. The van der Waals surface area contributed by atoms with Crippen LogP contribution in [-0.4, -0.2) is 5.97 Å². The Morgan fingerprint density at radius 1 is 1.40 bits per heavy atom. The quantitative estimate of drug-likeness (QED) is 0.447. The van der Waals surface area contributed by atoms with Crippen molar-refractivity contribution in [1.82, 2.24) is 0 Å². The molecule has 0 N–H and O–H groups in total. The third-order valence-corrected chi connectivity index (χ3v) is 2.02. The van der Waals surface area contributed by atoms with Crippen LogP contribution in [0.1, 0.15) is 12.5 Å². The predicted molar refractivity (Wildman–Crippen MR) is 61.4 cm³/mol. The summed E-state index contributed by atoms with van der Waals surface area (Å²) in [5.74, 6) is 0.424. The lowest BCUT2D eigenvalue weighted by Gasteiger charge is -2.03. The first-order chi connectivity index (χ1) is 7.26. The molecule has 0 spiro atoms. The van der Waals surface area contributed by atoms with Gasteiger partial charge in [0.15, 0.2) is 0 Å². The molecule has 1 unspecified atom stereocenters. The van der Waals surface area contributed by atoms with Crippen LogP contribution in [0.15, 0.2) is 36.4 Å². The Bertz CT molecular complexity index is 343. The number of ether oxygens (including phenoxy) is 1. The van der Waals surface area contributed by atoms with Crippen molar-refractivity contribution in [3.8, 4) is 5.75 Å². The molecule has 80 valence electrons. The van der Waals surface area contributed by atoms with Crippen molar-refractivity contribution in [2.45, 2.75) is 13.5 Å². The lowest BCUT2D eigenvalue weighted by atomic mass is 10.2. The van der Waals surface area contributed by atoms with Gasteiger partial charge in [-0.15, -0.1) is 0 Å². The molecule has 0 saturated carbocycles. The highest BCUT2D eigenvalue weighted by Crippen LogP contribution is 2.14. The summed E-state index contributed by atoms with van der Waals surface area (Å²) in [6.07, 6.45) is 3.04. The van der Waals surface area contributed by atoms with Crippen molar-refractivity contribution in [2.75, 3.05) is 0 Å². The Kier molecular flexibility index (Phi) is 4.85. The van der Waals surface area contributed by atoms with E-state index in [-0.39, 0.29) is 12.6 Å². The van der Waals surface area contributed by atoms with Gasteiger partial charge in [-0.2, -0.15) is 0 Å². The lowest BCUT2D eigenvalue weighted by molar-refractivity contribution is -0.139. The molecule has 0 amide bonds. The van der Waals surface area contributed by atoms with E-state index in [2.05, 4.69) is 9.47 Å². The van der Waals surface area contributed by atoms with E-state index in [1.54, 1.807) is 13.0 Å². The number of benzene rings is 1. The number of hydrogen-bond acceptors (Lipinski definition) is 3. The largest absolute Gasteiger partial charge is 0.480 e. The van der Waals surface area contributed by atoms with E-state index in [0.717, 1.165) is 11.3 Å². The minimum Gasteiger partial charge on any atom is -0.480 e. The Hall–Kier alpha value is -1.34. The molecule has 0 saturated heterocycles. The summed E-state index contributed by atoms with van der Waals surface area (Å²) in [6.45, 7) is 2.05. The van der Waals surface area contributed by atoms with Crippen molar-refractivity contribution < 1.29 is 14.1 Å². The monoisotopic (exact) mass is 224 g/mol. The number of carbonyl (C=O) groups excluding carboxylic acids is 1. The standard InChI is InChI=1S/C11H13O3P/c1-2-3-11(12)13-8-9-4-6-10(14-15)7-5-9/h2-7H,8,15H2,1H3/b3-2+. The fraction of sp³-hybridized carbons (Fsp3) is 0.182. The van der Waals surface area contributed by atoms with Gasteiger partial charge in [-0.05, 0) is 24.6 Å². The molecule has 0 aliphatic rings. The lowest BCUT2D eigenvalue weighted by Crippen LogP contribution is -2.00. The second-order valence-electron chi connectivity index (χ2n) is 2.87. The molecule has 3 nitrogen and oxygen atoms in total. The number of allylic oxidation sites excluding steroid dienone is 1. The molecular formula is C11H13O3P. The van der Waals surface area contributed by atoms with Crippen LogP contribution in [0, 0.1) is 0 Å². The topological polar surface area (TPSA) is 35.5 Å². The zero-order valence-corrected chi connectivity index (χ0v) is 9.63. The van der Waals surface area contributed by atoms with Crippen molar-refractivity contribution in [1.29, 1.82) is 0 Å². The molecule has 0 aliphatic heterocycles. The van der Waals surface area contributed by atoms with Gasteiger partial charge in [-0.3, -0.25) is 0 Å². The third kappa shape index (κ3) is 4.13. The summed E-state index contributed by atoms with van der Waals surface area (Å²) >= 11 is 0. The summed E-state index contributed by atoms with van der Waals surface area (Å²) in [6, 6.07) is 7.32. The Labute approximate surface area is 91.4 Å². The Morgan fingerprint density at radius 2 is 2.07 bits per heavy atom. The van der Waals surface area contributed by atoms with Gasteiger partial charge < -0.3 is 9.26 Å². The third-order valence-electron chi connectivity index (χ3n) is 1.74. The summed E-state index contributed by atoms with van der Waals surface area (Å²) in [7, 11) is 2.17. The summed E-state index contributed by atoms with van der Waals surface area (Å²) in [4.78, 5) is 11.0. The average Bonchev–Trinajstić information content (AvgIpc) is 2.27. The predicted octanol–water partition coefficient (Wildman–Crippen LogP) is 2.47. The van der Waals surface area contributed by atoms with Crippen molar-refractivity contribution in [2.24, 2.45) is 0 Å². The summed E-state index contributed by atoms with van der Waals surface area (Å²) in [5.41, 5.74) is 0.929. The fourth-order valence-electron chi connectivity index (χ4n) is 1.00. The number of rotatable bonds is 4. The van der Waals surface area contributed by atoms with Crippen LogP contribution >= 0.6 is 9.47 Å².